The summed E-state index contributed by atoms with van der Waals surface area (Å²) in [5.74, 6) is 5.09. The predicted molar refractivity (Wildman–Crippen MR) is 45.0 cm³/mol. The Labute approximate surface area is 73.9 Å². The molecule has 0 aromatic heterocycles. The Morgan fingerprint density at radius 2 is 2.25 bits per heavy atom. The Bertz CT molecular complexity index is 279. The third-order valence-corrected chi connectivity index (χ3v) is 1.68. The highest BCUT2D eigenvalue weighted by atomic mass is 35.5. The van der Waals surface area contributed by atoms with Crippen molar-refractivity contribution in [3.05, 3.63) is 28.4 Å². The van der Waals surface area contributed by atoms with Crippen LogP contribution in [-0.4, -0.2) is 5.21 Å². The van der Waals surface area contributed by atoms with Crippen molar-refractivity contribution in [2.24, 2.45) is 5.84 Å². The highest BCUT2D eigenvalue weighted by molar-refractivity contribution is 6.33. The SMILES string of the molecule is NNc1ccc([NH+]([O-])O)cc1Cl. The molecule has 1 unspecified atom stereocenters. The van der Waals surface area contributed by atoms with Crippen molar-refractivity contribution >= 4 is 23.0 Å². The second kappa shape index (κ2) is 3.70. The maximum atomic E-state index is 10.4. The average Bonchev–Trinajstić information content (AvgIpc) is 2.04. The lowest BCUT2D eigenvalue weighted by atomic mass is 10.3. The van der Waals surface area contributed by atoms with E-state index in [1.165, 1.54) is 18.2 Å². The monoisotopic (exact) mass is 189 g/mol. The van der Waals surface area contributed by atoms with Crippen LogP contribution in [0.3, 0.4) is 0 Å². The molecule has 0 aliphatic heterocycles. The molecule has 12 heavy (non-hydrogen) atoms. The minimum absolute atomic E-state index is 0.138. The second-order valence-corrected chi connectivity index (χ2v) is 2.55. The zero-order valence-corrected chi connectivity index (χ0v) is 6.80. The number of nitrogens with two attached hydrogens (primary N) is 1. The topological polar surface area (TPSA) is 85.8 Å². The molecule has 6 heteroatoms. The number of benzene rings is 1. The summed E-state index contributed by atoms with van der Waals surface area (Å²) in [7, 11) is 0. The van der Waals surface area contributed by atoms with E-state index in [0.717, 1.165) is 0 Å². The molecule has 0 saturated carbocycles. The van der Waals surface area contributed by atoms with Crippen molar-refractivity contribution in [2.45, 2.75) is 0 Å². The van der Waals surface area contributed by atoms with Crippen molar-refractivity contribution in [1.29, 1.82) is 0 Å². The molecule has 1 atom stereocenters. The molecule has 1 rings (SSSR count). The summed E-state index contributed by atoms with van der Waals surface area (Å²) in [4.78, 5) is 0. The number of quaternary nitrogens is 1. The lowest BCUT2D eigenvalue weighted by molar-refractivity contribution is -0.991. The number of anilines is 1. The van der Waals surface area contributed by atoms with Gasteiger partial charge in [-0.2, -0.15) is 5.23 Å². The van der Waals surface area contributed by atoms with Crippen molar-refractivity contribution < 1.29 is 10.4 Å². The lowest BCUT2D eigenvalue weighted by Crippen LogP contribution is -2.99. The molecule has 0 amide bonds. The Hall–Kier alpha value is -0.850. The summed E-state index contributed by atoms with van der Waals surface area (Å²) < 4.78 is 0. The molecule has 0 bridgehead atoms. The van der Waals surface area contributed by atoms with Crippen LogP contribution in [0.1, 0.15) is 0 Å². The first-order valence-electron chi connectivity index (χ1n) is 3.14. The molecule has 0 spiro atoms. The molecule has 0 fully saturated rings. The third kappa shape index (κ3) is 1.84. The Morgan fingerprint density at radius 3 is 2.67 bits per heavy atom. The van der Waals surface area contributed by atoms with Crippen molar-refractivity contribution in [2.75, 3.05) is 5.43 Å². The molecule has 1 aromatic carbocycles. The van der Waals surface area contributed by atoms with Gasteiger partial charge in [-0.05, 0) is 6.07 Å². The van der Waals surface area contributed by atoms with Gasteiger partial charge < -0.3 is 10.6 Å². The summed E-state index contributed by atoms with van der Waals surface area (Å²) >= 11 is 5.67. The van der Waals surface area contributed by atoms with Gasteiger partial charge in [-0.3, -0.25) is 5.84 Å². The molecule has 0 radical (unpaired) electrons. The summed E-state index contributed by atoms with van der Waals surface area (Å²) in [6, 6.07) is 4.26. The first-order chi connectivity index (χ1) is 5.65. The number of rotatable bonds is 2. The molecule has 0 saturated heterocycles. The van der Waals surface area contributed by atoms with E-state index in [1.807, 2.05) is 0 Å². The van der Waals surface area contributed by atoms with Gasteiger partial charge in [0.25, 0.3) is 0 Å². The third-order valence-electron chi connectivity index (χ3n) is 1.37. The smallest absolute Gasteiger partial charge is 0.165 e. The van der Waals surface area contributed by atoms with Gasteiger partial charge in [0.05, 0.1) is 10.7 Å². The molecule has 1 aromatic rings. The highest BCUT2D eigenvalue weighted by Crippen LogP contribution is 2.22. The zero-order chi connectivity index (χ0) is 9.14. The predicted octanol–water partition coefficient (Wildman–Crippen LogP) is 0.0290. The van der Waals surface area contributed by atoms with Crippen LogP contribution in [0.25, 0.3) is 0 Å². The van der Waals surface area contributed by atoms with E-state index >= 15 is 0 Å². The number of hydrogen-bond acceptors (Lipinski definition) is 4. The van der Waals surface area contributed by atoms with Gasteiger partial charge in [-0.25, -0.2) is 5.21 Å². The molecule has 0 aliphatic carbocycles. The average molecular weight is 190 g/mol. The van der Waals surface area contributed by atoms with Gasteiger partial charge in [-0.15, -0.1) is 0 Å². The van der Waals surface area contributed by atoms with Crippen LogP contribution in [0.5, 0.6) is 0 Å². The largest absolute Gasteiger partial charge is 0.595 e. The number of hydrogen-bond donors (Lipinski definition) is 4. The first-order valence-corrected chi connectivity index (χ1v) is 3.52. The van der Waals surface area contributed by atoms with Crippen molar-refractivity contribution in [3.63, 3.8) is 0 Å². The van der Waals surface area contributed by atoms with E-state index in [0.29, 0.717) is 5.69 Å². The summed E-state index contributed by atoms with van der Waals surface area (Å²) in [5.41, 5.74) is 2.98. The van der Waals surface area contributed by atoms with Crippen LogP contribution < -0.4 is 16.5 Å². The van der Waals surface area contributed by atoms with Gasteiger partial charge in [0.2, 0.25) is 0 Å². The lowest BCUT2D eigenvalue weighted by Gasteiger charge is -2.12. The standard InChI is InChI=1S/C6H8ClN3O2/c7-5-3-4(10(11)12)1-2-6(5)9-8/h1-3,9-11H,8H2. The van der Waals surface area contributed by atoms with E-state index < -0.39 is 5.23 Å². The van der Waals surface area contributed by atoms with E-state index in [1.54, 1.807) is 0 Å². The molecule has 5 N–H and O–H groups in total. The van der Waals surface area contributed by atoms with E-state index in [4.69, 9.17) is 22.7 Å². The van der Waals surface area contributed by atoms with Crippen molar-refractivity contribution in [1.82, 2.24) is 0 Å². The van der Waals surface area contributed by atoms with E-state index in [9.17, 15) is 5.21 Å². The second-order valence-electron chi connectivity index (χ2n) is 2.14. The van der Waals surface area contributed by atoms with Crippen molar-refractivity contribution in [3.8, 4) is 0 Å². The minimum Gasteiger partial charge on any atom is -0.595 e. The molecule has 66 valence electrons. The summed E-state index contributed by atoms with van der Waals surface area (Å²) in [5, 5.41) is 18.3. The maximum absolute atomic E-state index is 10.4. The van der Waals surface area contributed by atoms with Gasteiger partial charge in [0.15, 0.2) is 5.69 Å². The van der Waals surface area contributed by atoms with Gasteiger partial charge in [0.1, 0.15) is 0 Å². The molecule has 0 heterocycles. The van der Waals surface area contributed by atoms with Crippen LogP contribution in [0.15, 0.2) is 18.2 Å². The van der Waals surface area contributed by atoms with Crippen LogP contribution in [0.2, 0.25) is 5.02 Å². The van der Waals surface area contributed by atoms with E-state index in [2.05, 4.69) is 5.43 Å². The van der Waals surface area contributed by atoms with Crippen LogP contribution in [-0.2, 0) is 0 Å². The Kier molecular flexibility index (Phi) is 2.85. The number of hydrazine groups is 1. The maximum Gasteiger partial charge on any atom is 0.165 e. The number of nitrogens with one attached hydrogen (secondary N) is 2. The Balaban J connectivity index is 3.02. The zero-order valence-electron chi connectivity index (χ0n) is 6.04. The van der Waals surface area contributed by atoms with Gasteiger partial charge in [-0.1, -0.05) is 11.6 Å². The minimum atomic E-state index is -1.01. The fraction of sp³-hybridized carbons (Fsp3) is 0. The quantitative estimate of drug-likeness (QED) is 0.391. The van der Waals surface area contributed by atoms with Gasteiger partial charge in [0, 0.05) is 12.1 Å². The van der Waals surface area contributed by atoms with Crippen LogP contribution in [0.4, 0.5) is 11.4 Å². The molecular weight excluding hydrogens is 182 g/mol. The fourth-order valence-corrected chi connectivity index (χ4v) is 1.00. The Morgan fingerprint density at radius 1 is 1.58 bits per heavy atom. The van der Waals surface area contributed by atoms with E-state index in [-0.39, 0.29) is 10.7 Å². The number of halogens is 1. The molecule has 5 nitrogen and oxygen atoms in total. The summed E-state index contributed by atoms with van der Waals surface area (Å²) in [6.45, 7) is 0. The first kappa shape index (κ1) is 9.24. The normalized spacial score (nSPS) is 12.7. The fourth-order valence-electron chi connectivity index (χ4n) is 0.765. The summed E-state index contributed by atoms with van der Waals surface area (Å²) in [6.07, 6.45) is 0. The molecular formula is C6H8ClN3O2. The number of nitrogen functional groups attached to an aromatic ring is 1. The van der Waals surface area contributed by atoms with Gasteiger partial charge >= 0.3 is 0 Å². The van der Waals surface area contributed by atoms with Crippen LogP contribution in [0, 0.1) is 5.21 Å². The molecule has 0 aliphatic rings. The highest BCUT2D eigenvalue weighted by Gasteiger charge is 2.03. The van der Waals surface area contributed by atoms with Crippen LogP contribution >= 0.6 is 11.6 Å².